The number of fused-ring (bicyclic) bond motifs is 1. The van der Waals surface area contributed by atoms with Crippen LogP contribution >= 0.6 is 11.3 Å². The van der Waals surface area contributed by atoms with Crippen LogP contribution in [0.25, 0.3) is 4.96 Å². The second kappa shape index (κ2) is 5.51. The molecule has 0 aromatic carbocycles. The largest absolute Gasteiger partial charge is 0.389 e. The first-order chi connectivity index (χ1) is 9.04. The zero-order chi connectivity index (χ0) is 14.0. The van der Waals surface area contributed by atoms with Crippen LogP contribution in [0.3, 0.4) is 0 Å². The summed E-state index contributed by atoms with van der Waals surface area (Å²) in [7, 11) is 3.14. The third kappa shape index (κ3) is 2.67. The third-order valence-corrected chi connectivity index (χ3v) is 3.35. The molecule has 19 heavy (non-hydrogen) atoms. The van der Waals surface area contributed by atoms with Crippen LogP contribution in [0.2, 0.25) is 0 Å². The average molecular weight is 286 g/mol. The predicted molar refractivity (Wildman–Crippen MR) is 70.9 cm³/mol. The van der Waals surface area contributed by atoms with Gasteiger partial charge in [0.15, 0.2) is 0 Å². The first-order valence-electron chi connectivity index (χ1n) is 5.52. The molecule has 2 heterocycles. The standard InChI is InChI=1S/C10H14N4O4S/c1-12(5-7(15)6-18-2)8-9(14(16)17)13-3-4-19-10(13)11-8/h3-4,7,15H,5-6H2,1-2H3. The molecular formula is C10H14N4O4S. The highest BCUT2D eigenvalue weighted by Crippen LogP contribution is 2.30. The summed E-state index contributed by atoms with van der Waals surface area (Å²) in [4.78, 5) is 17.0. The van der Waals surface area contributed by atoms with E-state index in [-0.39, 0.29) is 24.8 Å². The minimum atomic E-state index is -0.727. The lowest BCUT2D eigenvalue weighted by Crippen LogP contribution is -2.32. The molecule has 0 saturated carbocycles. The van der Waals surface area contributed by atoms with Crippen molar-refractivity contribution in [3.8, 4) is 0 Å². The molecule has 8 nitrogen and oxygen atoms in total. The summed E-state index contributed by atoms with van der Waals surface area (Å²) in [5, 5.41) is 22.5. The number of thiazole rings is 1. The molecule has 104 valence electrons. The summed E-state index contributed by atoms with van der Waals surface area (Å²) in [6.07, 6.45) is 0.878. The molecule has 0 bridgehead atoms. The van der Waals surface area contributed by atoms with Gasteiger partial charge in [-0.05, 0) is 4.92 Å². The van der Waals surface area contributed by atoms with Crippen LogP contribution < -0.4 is 4.90 Å². The summed E-state index contributed by atoms with van der Waals surface area (Å²) >= 11 is 1.32. The first-order valence-corrected chi connectivity index (χ1v) is 6.40. The zero-order valence-corrected chi connectivity index (χ0v) is 11.3. The molecule has 1 N–H and O–H groups in total. The zero-order valence-electron chi connectivity index (χ0n) is 10.5. The van der Waals surface area contributed by atoms with Crippen molar-refractivity contribution in [2.75, 3.05) is 32.2 Å². The van der Waals surface area contributed by atoms with E-state index in [9.17, 15) is 15.2 Å². The van der Waals surface area contributed by atoms with Gasteiger partial charge in [0.25, 0.3) is 4.96 Å². The Hall–Kier alpha value is -1.71. The van der Waals surface area contributed by atoms with Crippen LogP contribution in [0.5, 0.6) is 0 Å². The van der Waals surface area contributed by atoms with Crippen molar-refractivity contribution < 1.29 is 14.8 Å². The van der Waals surface area contributed by atoms with Gasteiger partial charge in [0.05, 0.1) is 12.7 Å². The van der Waals surface area contributed by atoms with Gasteiger partial charge >= 0.3 is 5.82 Å². The van der Waals surface area contributed by atoms with Crippen molar-refractivity contribution in [2.45, 2.75) is 6.10 Å². The van der Waals surface area contributed by atoms with E-state index in [0.29, 0.717) is 4.96 Å². The Balaban J connectivity index is 2.30. The molecule has 0 aliphatic rings. The van der Waals surface area contributed by atoms with Gasteiger partial charge in [-0.1, -0.05) is 11.3 Å². The predicted octanol–water partition coefficient (Wildman–Crippen LogP) is 0.748. The summed E-state index contributed by atoms with van der Waals surface area (Å²) in [6.45, 7) is 0.375. The molecule has 0 spiro atoms. The number of likely N-dealkylation sites (N-methyl/N-ethyl adjacent to an activating group) is 1. The number of imidazole rings is 1. The minimum absolute atomic E-state index is 0.0941. The number of hydrogen-bond donors (Lipinski definition) is 1. The van der Waals surface area contributed by atoms with Gasteiger partial charge in [-0.3, -0.25) is 0 Å². The molecule has 0 radical (unpaired) electrons. The Bertz CT molecular complexity index is 581. The van der Waals surface area contributed by atoms with Gasteiger partial charge in [0.2, 0.25) is 5.82 Å². The van der Waals surface area contributed by atoms with Crippen LogP contribution in [-0.2, 0) is 4.74 Å². The van der Waals surface area contributed by atoms with Crippen molar-refractivity contribution in [2.24, 2.45) is 0 Å². The number of nitro groups is 1. The summed E-state index contributed by atoms with van der Waals surface area (Å²) < 4.78 is 6.26. The molecular weight excluding hydrogens is 272 g/mol. The number of aliphatic hydroxyl groups excluding tert-OH is 1. The van der Waals surface area contributed by atoms with E-state index in [2.05, 4.69) is 4.98 Å². The highest BCUT2D eigenvalue weighted by atomic mass is 32.1. The number of anilines is 1. The topological polar surface area (TPSA) is 93.1 Å². The molecule has 2 aromatic heterocycles. The lowest BCUT2D eigenvalue weighted by atomic mass is 10.3. The van der Waals surface area contributed by atoms with Crippen LogP contribution in [0, 0.1) is 10.1 Å². The molecule has 0 fully saturated rings. The van der Waals surface area contributed by atoms with E-state index in [1.54, 1.807) is 23.5 Å². The maximum atomic E-state index is 11.1. The van der Waals surface area contributed by atoms with E-state index in [0.717, 1.165) is 0 Å². The average Bonchev–Trinajstić information content (AvgIpc) is 2.86. The number of hydrogen-bond acceptors (Lipinski definition) is 7. The van der Waals surface area contributed by atoms with Gasteiger partial charge in [0, 0.05) is 26.1 Å². The summed E-state index contributed by atoms with van der Waals surface area (Å²) in [5.41, 5.74) is 0. The number of nitrogens with zero attached hydrogens (tertiary/aromatic N) is 4. The van der Waals surface area contributed by atoms with E-state index in [4.69, 9.17) is 4.74 Å². The maximum absolute atomic E-state index is 11.1. The number of aromatic nitrogens is 2. The Morgan fingerprint density at radius 2 is 2.47 bits per heavy atom. The fourth-order valence-corrected chi connectivity index (χ4v) is 2.54. The maximum Gasteiger partial charge on any atom is 0.373 e. The highest BCUT2D eigenvalue weighted by Gasteiger charge is 2.27. The second-order valence-electron chi connectivity index (χ2n) is 4.06. The third-order valence-electron chi connectivity index (χ3n) is 2.60. The fourth-order valence-electron chi connectivity index (χ4n) is 1.84. The van der Waals surface area contributed by atoms with E-state index >= 15 is 0 Å². The fraction of sp³-hybridized carbons (Fsp3) is 0.500. The van der Waals surface area contributed by atoms with Gasteiger partial charge in [-0.2, -0.15) is 9.38 Å². The number of ether oxygens (including phenoxy) is 1. The molecule has 0 aliphatic heterocycles. The molecule has 2 rings (SSSR count). The van der Waals surface area contributed by atoms with Gasteiger partial charge in [-0.15, -0.1) is 0 Å². The van der Waals surface area contributed by atoms with Gasteiger partial charge < -0.3 is 24.9 Å². The molecule has 9 heteroatoms. The molecule has 1 atom stereocenters. The van der Waals surface area contributed by atoms with Crippen molar-refractivity contribution in [3.63, 3.8) is 0 Å². The molecule has 0 saturated heterocycles. The van der Waals surface area contributed by atoms with Crippen molar-refractivity contribution in [1.29, 1.82) is 0 Å². The Morgan fingerprint density at radius 1 is 1.74 bits per heavy atom. The molecule has 1 unspecified atom stereocenters. The van der Waals surface area contributed by atoms with E-state index in [1.807, 2.05) is 0 Å². The highest BCUT2D eigenvalue weighted by molar-refractivity contribution is 7.15. The van der Waals surface area contributed by atoms with Crippen LogP contribution in [0.15, 0.2) is 11.6 Å². The number of aliphatic hydroxyl groups is 1. The number of methoxy groups -OCH3 is 1. The van der Waals surface area contributed by atoms with E-state index in [1.165, 1.54) is 22.8 Å². The minimum Gasteiger partial charge on any atom is -0.389 e. The first kappa shape index (κ1) is 13.7. The van der Waals surface area contributed by atoms with Crippen molar-refractivity contribution >= 4 is 27.9 Å². The van der Waals surface area contributed by atoms with Gasteiger partial charge in [0.1, 0.15) is 6.20 Å². The Kier molecular flexibility index (Phi) is 3.98. The Morgan fingerprint density at radius 3 is 3.11 bits per heavy atom. The van der Waals surface area contributed by atoms with Crippen LogP contribution in [0.1, 0.15) is 0 Å². The second-order valence-corrected chi connectivity index (χ2v) is 4.93. The Labute approximate surface area is 113 Å². The van der Waals surface area contributed by atoms with Crippen LogP contribution in [-0.4, -0.2) is 52.8 Å². The normalized spacial score (nSPS) is 12.8. The molecule has 0 amide bonds. The van der Waals surface area contributed by atoms with Crippen LogP contribution in [0.4, 0.5) is 11.6 Å². The lowest BCUT2D eigenvalue weighted by molar-refractivity contribution is -0.389. The monoisotopic (exact) mass is 286 g/mol. The van der Waals surface area contributed by atoms with Crippen molar-refractivity contribution in [3.05, 3.63) is 21.7 Å². The summed E-state index contributed by atoms with van der Waals surface area (Å²) in [5.74, 6) is 0.148. The number of rotatable bonds is 6. The quantitative estimate of drug-likeness (QED) is 0.622. The van der Waals surface area contributed by atoms with Crippen molar-refractivity contribution in [1.82, 2.24) is 9.38 Å². The van der Waals surface area contributed by atoms with Gasteiger partial charge in [-0.25, -0.2) is 0 Å². The molecule has 0 aliphatic carbocycles. The SMILES string of the molecule is COCC(O)CN(C)c1nc2sccn2c1[N+](=O)[O-]. The smallest absolute Gasteiger partial charge is 0.373 e. The van der Waals surface area contributed by atoms with E-state index < -0.39 is 11.0 Å². The lowest BCUT2D eigenvalue weighted by Gasteiger charge is -2.19. The summed E-state index contributed by atoms with van der Waals surface area (Å²) in [6, 6.07) is 0. The molecule has 2 aromatic rings.